The fourth-order valence-electron chi connectivity index (χ4n) is 6.89. The standard InChI is InChI=1S/C34H21N/c1-4-10-25-20(7-1)16-24-18-32-29(19-28(24)25)34-27(31-17-22-9-3-6-12-30(22)35(31)32)14-13-23-15-21-8-2-5-11-26(21)33(23)34/h1-14,17-19H,15-16H2. The van der Waals surface area contributed by atoms with Crippen LogP contribution in [0.2, 0.25) is 0 Å². The van der Waals surface area contributed by atoms with Gasteiger partial charge < -0.3 is 4.40 Å². The highest BCUT2D eigenvalue weighted by Gasteiger charge is 2.26. The van der Waals surface area contributed by atoms with E-state index in [1.165, 1.54) is 82.6 Å². The first-order chi connectivity index (χ1) is 17.3. The summed E-state index contributed by atoms with van der Waals surface area (Å²) in [5.41, 5.74) is 15.3. The minimum absolute atomic E-state index is 1.01. The van der Waals surface area contributed by atoms with Gasteiger partial charge in [0.2, 0.25) is 0 Å². The monoisotopic (exact) mass is 443 g/mol. The van der Waals surface area contributed by atoms with Crippen LogP contribution in [0.1, 0.15) is 22.3 Å². The maximum Gasteiger partial charge on any atom is 0.0547 e. The van der Waals surface area contributed by atoms with Crippen LogP contribution in [0.4, 0.5) is 0 Å². The molecule has 9 rings (SSSR count). The molecule has 5 aromatic carbocycles. The van der Waals surface area contributed by atoms with Gasteiger partial charge in [0.1, 0.15) is 0 Å². The Morgan fingerprint density at radius 2 is 1.17 bits per heavy atom. The lowest BCUT2D eigenvalue weighted by molar-refractivity contribution is 1.25. The predicted octanol–water partition coefficient (Wildman–Crippen LogP) is 8.54. The van der Waals surface area contributed by atoms with Crippen LogP contribution < -0.4 is 0 Å². The fraction of sp³-hybridized carbons (Fsp3) is 0.0588. The van der Waals surface area contributed by atoms with Crippen molar-refractivity contribution in [2.24, 2.45) is 0 Å². The number of nitrogens with zero attached hydrogens (tertiary/aromatic N) is 1. The number of fused-ring (bicyclic) bond motifs is 15. The highest BCUT2D eigenvalue weighted by atomic mass is 14.9. The lowest BCUT2D eigenvalue weighted by Gasteiger charge is -2.16. The zero-order valence-electron chi connectivity index (χ0n) is 19.2. The average Bonchev–Trinajstić information content (AvgIpc) is 3.58. The molecule has 0 fully saturated rings. The summed E-state index contributed by atoms with van der Waals surface area (Å²) < 4.78 is 2.50. The zero-order chi connectivity index (χ0) is 22.7. The van der Waals surface area contributed by atoms with E-state index in [9.17, 15) is 0 Å². The van der Waals surface area contributed by atoms with E-state index in [0.29, 0.717) is 0 Å². The maximum atomic E-state index is 2.50. The van der Waals surface area contributed by atoms with Crippen molar-refractivity contribution in [2.45, 2.75) is 12.8 Å². The number of benzene rings is 5. The Bertz CT molecular complexity index is 2050. The number of rotatable bonds is 0. The molecule has 0 bridgehead atoms. The summed E-state index contributed by atoms with van der Waals surface area (Å²) in [6.45, 7) is 0. The van der Waals surface area contributed by atoms with Gasteiger partial charge in [0, 0.05) is 21.5 Å². The molecule has 0 spiro atoms. The molecule has 0 N–H and O–H groups in total. The largest absolute Gasteiger partial charge is 0.309 e. The molecule has 1 heteroatoms. The van der Waals surface area contributed by atoms with Gasteiger partial charge in [-0.05, 0) is 81.6 Å². The van der Waals surface area contributed by atoms with E-state index in [-0.39, 0.29) is 0 Å². The Balaban J connectivity index is 1.56. The van der Waals surface area contributed by atoms with E-state index >= 15 is 0 Å². The molecule has 0 aliphatic heterocycles. The summed E-state index contributed by atoms with van der Waals surface area (Å²) in [6, 6.07) is 38.8. The molecular weight excluding hydrogens is 422 g/mol. The minimum Gasteiger partial charge on any atom is -0.309 e. The van der Waals surface area contributed by atoms with Crippen molar-refractivity contribution in [2.75, 3.05) is 0 Å². The molecule has 0 radical (unpaired) electrons. The summed E-state index contributed by atoms with van der Waals surface area (Å²) in [6.07, 6.45) is 2.03. The molecular formula is C34H21N. The maximum absolute atomic E-state index is 2.50. The van der Waals surface area contributed by atoms with E-state index in [2.05, 4.69) is 108 Å². The van der Waals surface area contributed by atoms with Gasteiger partial charge in [-0.25, -0.2) is 0 Å². The lowest BCUT2D eigenvalue weighted by Crippen LogP contribution is -1.95. The molecule has 0 unspecified atom stereocenters. The van der Waals surface area contributed by atoms with Crippen LogP contribution >= 0.6 is 0 Å². The molecule has 1 nitrogen and oxygen atoms in total. The van der Waals surface area contributed by atoms with E-state index in [4.69, 9.17) is 0 Å². The number of para-hydroxylation sites is 1. The molecule has 0 amide bonds. The molecule has 7 aromatic rings. The highest BCUT2D eigenvalue weighted by molar-refractivity contribution is 6.22. The number of hydrogen-bond donors (Lipinski definition) is 0. The van der Waals surface area contributed by atoms with E-state index in [1.807, 2.05) is 0 Å². The van der Waals surface area contributed by atoms with E-state index in [1.54, 1.807) is 0 Å². The van der Waals surface area contributed by atoms with Crippen molar-refractivity contribution in [3.05, 3.63) is 125 Å². The van der Waals surface area contributed by atoms with Gasteiger partial charge >= 0.3 is 0 Å². The van der Waals surface area contributed by atoms with Crippen molar-refractivity contribution < 1.29 is 0 Å². The van der Waals surface area contributed by atoms with Crippen LogP contribution in [0, 0.1) is 0 Å². The minimum atomic E-state index is 1.01. The Hall–Kier alpha value is -4.36. The van der Waals surface area contributed by atoms with Crippen molar-refractivity contribution in [1.29, 1.82) is 0 Å². The van der Waals surface area contributed by atoms with E-state index < -0.39 is 0 Å². The molecule has 2 aliphatic carbocycles. The van der Waals surface area contributed by atoms with Crippen molar-refractivity contribution in [3.8, 4) is 22.3 Å². The molecule has 0 atom stereocenters. The Morgan fingerprint density at radius 1 is 0.457 bits per heavy atom. The van der Waals surface area contributed by atoms with Crippen LogP contribution in [0.3, 0.4) is 0 Å². The second-order valence-electron chi connectivity index (χ2n) is 10.1. The normalized spacial score (nSPS) is 13.5. The topological polar surface area (TPSA) is 4.41 Å². The van der Waals surface area contributed by atoms with Gasteiger partial charge in [-0.15, -0.1) is 0 Å². The van der Waals surface area contributed by atoms with Gasteiger partial charge in [-0.2, -0.15) is 0 Å². The zero-order valence-corrected chi connectivity index (χ0v) is 19.2. The molecule has 35 heavy (non-hydrogen) atoms. The third-order valence-corrected chi connectivity index (χ3v) is 8.37. The SMILES string of the molecule is c1ccc2c(c1)Cc1cc3c(cc1-2)c1c2c(ccc1c1cc4ccccc4n31)Cc1ccccc1-2. The van der Waals surface area contributed by atoms with Gasteiger partial charge in [-0.3, -0.25) is 0 Å². The number of aromatic nitrogens is 1. The third-order valence-electron chi connectivity index (χ3n) is 8.37. The molecule has 162 valence electrons. The van der Waals surface area contributed by atoms with Crippen LogP contribution in [0.5, 0.6) is 0 Å². The first-order valence-corrected chi connectivity index (χ1v) is 12.5. The van der Waals surface area contributed by atoms with Crippen LogP contribution in [-0.2, 0) is 12.8 Å². The Morgan fingerprint density at radius 3 is 2.09 bits per heavy atom. The quantitative estimate of drug-likeness (QED) is 0.207. The molecule has 0 saturated heterocycles. The van der Waals surface area contributed by atoms with Crippen LogP contribution in [0.25, 0.3) is 60.3 Å². The predicted molar refractivity (Wildman–Crippen MR) is 146 cm³/mol. The van der Waals surface area contributed by atoms with Gasteiger partial charge in [-0.1, -0.05) is 78.9 Å². The highest BCUT2D eigenvalue weighted by Crippen LogP contribution is 2.48. The first kappa shape index (κ1) is 18.0. The van der Waals surface area contributed by atoms with Crippen molar-refractivity contribution in [1.82, 2.24) is 4.40 Å². The van der Waals surface area contributed by atoms with Gasteiger partial charge in [0.25, 0.3) is 0 Å². The summed E-state index contributed by atoms with van der Waals surface area (Å²) in [7, 11) is 0. The van der Waals surface area contributed by atoms with E-state index in [0.717, 1.165) is 12.8 Å². The molecule has 2 aliphatic rings. The van der Waals surface area contributed by atoms with Crippen LogP contribution in [-0.4, -0.2) is 4.40 Å². The summed E-state index contributed by atoms with van der Waals surface area (Å²) in [5, 5.41) is 5.41. The molecule has 0 saturated carbocycles. The van der Waals surface area contributed by atoms with Gasteiger partial charge in [0.05, 0.1) is 16.6 Å². The fourth-order valence-corrected chi connectivity index (χ4v) is 6.89. The molecule has 2 heterocycles. The van der Waals surface area contributed by atoms with Crippen molar-refractivity contribution in [3.63, 3.8) is 0 Å². The summed E-state index contributed by atoms with van der Waals surface area (Å²) >= 11 is 0. The number of hydrogen-bond acceptors (Lipinski definition) is 0. The number of pyridine rings is 1. The second kappa shape index (κ2) is 6.20. The van der Waals surface area contributed by atoms with Crippen LogP contribution in [0.15, 0.2) is 103 Å². The van der Waals surface area contributed by atoms with Gasteiger partial charge in [0.15, 0.2) is 0 Å². The molecule has 2 aromatic heterocycles. The Labute approximate surface area is 202 Å². The first-order valence-electron chi connectivity index (χ1n) is 12.5. The summed E-state index contributed by atoms with van der Waals surface area (Å²) in [5.74, 6) is 0. The van der Waals surface area contributed by atoms with Crippen molar-refractivity contribution >= 4 is 38.1 Å². The Kier molecular flexibility index (Phi) is 3.19. The average molecular weight is 444 g/mol. The second-order valence-corrected chi connectivity index (χ2v) is 10.1. The smallest absolute Gasteiger partial charge is 0.0547 e. The summed E-state index contributed by atoms with van der Waals surface area (Å²) in [4.78, 5) is 0. The lowest BCUT2D eigenvalue weighted by atomic mass is 9.92. The third kappa shape index (κ3) is 2.19.